The van der Waals surface area contributed by atoms with Crippen LogP contribution in [0.4, 0.5) is 5.88 Å². The number of benzene rings is 1. The lowest BCUT2D eigenvalue weighted by molar-refractivity contribution is 0.354. The van der Waals surface area contributed by atoms with E-state index in [2.05, 4.69) is 12.1 Å². The average Bonchev–Trinajstić information content (AvgIpc) is 2.83. The highest BCUT2D eigenvalue weighted by atomic mass is 16.5. The number of aryl methyl sites for hydroxylation is 1. The largest absolute Gasteiger partial charge is 0.493 e. The molecule has 0 fully saturated rings. The molecule has 96 valence electrons. The highest BCUT2D eigenvalue weighted by Crippen LogP contribution is 2.35. The van der Waals surface area contributed by atoms with Gasteiger partial charge in [-0.05, 0) is 24.1 Å². The number of methoxy groups -OCH3 is 2. The third-order valence-electron chi connectivity index (χ3n) is 2.79. The van der Waals surface area contributed by atoms with Crippen molar-refractivity contribution in [1.29, 1.82) is 0 Å². The molecule has 5 heteroatoms. The number of ether oxygens (including phenoxy) is 2. The van der Waals surface area contributed by atoms with Crippen LogP contribution in [-0.2, 0) is 6.42 Å². The summed E-state index contributed by atoms with van der Waals surface area (Å²) in [5, 5.41) is 3.93. The molecule has 2 rings (SSSR count). The molecule has 18 heavy (non-hydrogen) atoms. The maximum Gasteiger partial charge on any atom is 0.222 e. The Morgan fingerprint density at radius 2 is 1.83 bits per heavy atom. The van der Waals surface area contributed by atoms with Crippen LogP contribution in [0.15, 0.2) is 22.7 Å². The van der Waals surface area contributed by atoms with Crippen molar-refractivity contribution in [2.45, 2.75) is 13.3 Å². The lowest BCUT2D eigenvalue weighted by Gasteiger charge is -2.12. The minimum atomic E-state index is 0.293. The molecule has 0 bridgehead atoms. The Kier molecular flexibility index (Phi) is 3.41. The Morgan fingerprint density at radius 3 is 2.33 bits per heavy atom. The number of hydrogen-bond acceptors (Lipinski definition) is 5. The monoisotopic (exact) mass is 248 g/mol. The smallest absolute Gasteiger partial charge is 0.222 e. The second kappa shape index (κ2) is 5.00. The average molecular weight is 248 g/mol. The molecule has 0 saturated carbocycles. The van der Waals surface area contributed by atoms with Gasteiger partial charge in [0.15, 0.2) is 11.5 Å². The highest BCUT2D eigenvalue weighted by Gasteiger charge is 2.14. The van der Waals surface area contributed by atoms with Crippen molar-refractivity contribution in [3.63, 3.8) is 0 Å². The first-order chi connectivity index (χ1) is 8.69. The van der Waals surface area contributed by atoms with E-state index >= 15 is 0 Å². The molecular formula is C13H16N2O3. The molecule has 0 atom stereocenters. The second-order valence-corrected chi connectivity index (χ2v) is 3.83. The van der Waals surface area contributed by atoms with Gasteiger partial charge in [-0.1, -0.05) is 12.1 Å². The number of rotatable bonds is 4. The Bertz CT molecular complexity index is 549. The van der Waals surface area contributed by atoms with Gasteiger partial charge < -0.3 is 19.7 Å². The lowest BCUT2D eigenvalue weighted by Crippen LogP contribution is -1.95. The van der Waals surface area contributed by atoms with Crippen LogP contribution in [0.25, 0.3) is 11.3 Å². The van der Waals surface area contributed by atoms with E-state index in [1.807, 2.05) is 12.1 Å². The zero-order valence-corrected chi connectivity index (χ0v) is 10.7. The molecule has 0 unspecified atom stereocenters. The quantitative estimate of drug-likeness (QED) is 0.900. The summed E-state index contributed by atoms with van der Waals surface area (Å²) in [5.41, 5.74) is 8.29. The van der Waals surface area contributed by atoms with Gasteiger partial charge in [0.2, 0.25) is 5.88 Å². The first-order valence-electron chi connectivity index (χ1n) is 5.67. The van der Waals surface area contributed by atoms with Crippen molar-refractivity contribution in [1.82, 2.24) is 5.16 Å². The molecule has 1 heterocycles. The summed E-state index contributed by atoms with van der Waals surface area (Å²) in [5.74, 6) is 1.66. The van der Waals surface area contributed by atoms with Gasteiger partial charge >= 0.3 is 0 Å². The molecule has 0 spiro atoms. The highest BCUT2D eigenvalue weighted by molar-refractivity contribution is 5.69. The molecule has 2 N–H and O–H groups in total. The normalized spacial score (nSPS) is 10.4. The Morgan fingerprint density at radius 1 is 1.17 bits per heavy atom. The Balaban J connectivity index is 2.58. The van der Waals surface area contributed by atoms with Crippen molar-refractivity contribution in [3.05, 3.63) is 23.8 Å². The Hall–Kier alpha value is -2.17. The van der Waals surface area contributed by atoms with Crippen molar-refractivity contribution in [3.8, 4) is 22.8 Å². The number of aromatic nitrogens is 1. The number of nitrogens with zero attached hydrogens (tertiary/aromatic N) is 1. The Labute approximate surface area is 105 Å². The van der Waals surface area contributed by atoms with Crippen molar-refractivity contribution in [2.24, 2.45) is 0 Å². The maximum absolute atomic E-state index is 5.55. The van der Waals surface area contributed by atoms with Gasteiger partial charge in [-0.15, -0.1) is 0 Å². The standard InChI is InChI=1S/C13H16N2O3/c1-4-8-5-11(16-2)12(17-3)6-9(8)10-7-13(14)18-15-10/h5-7H,4,14H2,1-3H3. The first-order valence-corrected chi connectivity index (χ1v) is 5.67. The van der Waals surface area contributed by atoms with Crippen LogP contribution in [0, 0.1) is 0 Å². The van der Waals surface area contributed by atoms with E-state index < -0.39 is 0 Å². The van der Waals surface area contributed by atoms with Gasteiger partial charge in [0, 0.05) is 11.6 Å². The molecule has 5 nitrogen and oxygen atoms in total. The fourth-order valence-electron chi connectivity index (χ4n) is 1.87. The molecule has 0 radical (unpaired) electrons. The van der Waals surface area contributed by atoms with Gasteiger partial charge in [-0.2, -0.15) is 0 Å². The van der Waals surface area contributed by atoms with E-state index in [-0.39, 0.29) is 0 Å². The minimum Gasteiger partial charge on any atom is -0.493 e. The molecule has 2 aromatic rings. The third kappa shape index (κ3) is 2.11. The summed E-state index contributed by atoms with van der Waals surface area (Å²) in [6, 6.07) is 5.52. The predicted octanol–water partition coefficient (Wildman–Crippen LogP) is 2.50. The van der Waals surface area contributed by atoms with Crippen LogP contribution < -0.4 is 15.2 Å². The summed E-state index contributed by atoms with van der Waals surface area (Å²) >= 11 is 0. The van der Waals surface area contributed by atoms with Gasteiger partial charge in [-0.3, -0.25) is 0 Å². The van der Waals surface area contributed by atoms with E-state index in [1.165, 1.54) is 0 Å². The van der Waals surface area contributed by atoms with Gasteiger partial charge in [-0.25, -0.2) is 0 Å². The second-order valence-electron chi connectivity index (χ2n) is 3.83. The SMILES string of the molecule is CCc1cc(OC)c(OC)cc1-c1cc(N)on1. The van der Waals surface area contributed by atoms with Gasteiger partial charge in [0.25, 0.3) is 0 Å². The molecule has 0 amide bonds. The third-order valence-corrected chi connectivity index (χ3v) is 2.79. The summed E-state index contributed by atoms with van der Waals surface area (Å²) in [7, 11) is 3.22. The molecule has 1 aromatic carbocycles. The number of anilines is 1. The summed E-state index contributed by atoms with van der Waals surface area (Å²) < 4.78 is 15.5. The van der Waals surface area contributed by atoms with E-state index in [0.29, 0.717) is 23.1 Å². The van der Waals surface area contributed by atoms with Crippen LogP contribution in [0.5, 0.6) is 11.5 Å². The molecule has 0 aliphatic heterocycles. The van der Waals surface area contributed by atoms with Gasteiger partial charge in [0.1, 0.15) is 5.69 Å². The summed E-state index contributed by atoms with van der Waals surface area (Å²) in [4.78, 5) is 0. The molecular weight excluding hydrogens is 232 g/mol. The molecule has 1 aromatic heterocycles. The van der Waals surface area contributed by atoms with Crippen LogP contribution in [-0.4, -0.2) is 19.4 Å². The van der Waals surface area contributed by atoms with Crippen molar-refractivity contribution >= 4 is 5.88 Å². The summed E-state index contributed by atoms with van der Waals surface area (Å²) in [6.07, 6.45) is 0.850. The van der Waals surface area contributed by atoms with Gasteiger partial charge in [0.05, 0.1) is 14.2 Å². The van der Waals surface area contributed by atoms with Crippen LogP contribution >= 0.6 is 0 Å². The van der Waals surface area contributed by atoms with E-state index in [4.69, 9.17) is 19.7 Å². The topological polar surface area (TPSA) is 70.5 Å². The van der Waals surface area contributed by atoms with Crippen LogP contribution in [0.3, 0.4) is 0 Å². The lowest BCUT2D eigenvalue weighted by atomic mass is 10.0. The maximum atomic E-state index is 5.55. The number of nitrogens with two attached hydrogens (primary N) is 1. The molecule has 0 saturated heterocycles. The first kappa shape index (κ1) is 12.3. The zero-order valence-electron chi connectivity index (χ0n) is 10.7. The minimum absolute atomic E-state index is 0.293. The van der Waals surface area contributed by atoms with Crippen LogP contribution in [0.1, 0.15) is 12.5 Å². The van der Waals surface area contributed by atoms with E-state index in [1.54, 1.807) is 20.3 Å². The molecule has 0 aliphatic carbocycles. The van der Waals surface area contributed by atoms with E-state index in [9.17, 15) is 0 Å². The van der Waals surface area contributed by atoms with Crippen LogP contribution in [0.2, 0.25) is 0 Å². The van der Waals surface area contributed by atoms with Crippen molar-refractivity contribution < 1.29 is 14.0 Å². The van der Waals surface area contributed by atoms with Crippen molar-refractivity contribution in [2.75, 3.05) is 20.0 Å². The fourth-order valence-corrected chi connectivity index (χ4v) is 1.87. The fraction of sp³-hybridized carbons (Fsp3) is 0.308. The zero-order chi connectivity index (χ0) is 13.1. The van der Waals surface area contributed by atoms with E-state index in [0.717, 1.165) is 17.5 Å². The number of nitrogen functional groups attached to an aromatic ring is 1. The predicted molar refractivity (Wildman–Crippen MR) is 68.8 cm³/mol. The number of hydrogen-bond donors (Lipinski definition) is 1. The summed E-state index contributed by atoms with van der Waals surface area (Å²) in [6.45, 7) is 2.06. The molecule has 0 aliphatic rings.